The molecule has 1 atom stereocenters. The Morgan fingerprint density at radius 1 is 1.06 bits per heavy atom. The van der Waals surface area contributed by atoms with Crippen LogP contribution < -0.4 is 4.57 Å². The van der Waals surface area contributed by atoms with E-state index in [9.17, 15) is 0 Å². The highest BCUT2D eigenvalue weighted by Gasteiger charge is 2.20. The number of nitrogens with zero attached hydrogens (tertiary/aromatic N) is 1. The number of aromatic nitrogens is 1. The number of fused-ring (bicyclic) bond motifs is 1. The second-order valence-electron chi connectivity index (χ2n) is 4.65. The second-order valence-corrected chi connectivity index (χ2v) is 5.37. The first kappa shape index (κ1) is 11.4. The van der Waals surface area contributed by atoms with Gasteiger partial charge in [-0.3, -0.25) is 0 Å². The highest BCUT2D eigenvalue weighted by atomic mass is 32.1. The molecule has 0 bridgehead atoms. The number of aryl methyl sites for hydroxylation is 1. The smallest absolute Gasteiger partial charge is 0.186 e. The van der Waals surface area contributed by atoms with Crippen molar-refractivity contribution in [3.05, 3.63) is 64.6 Å². The molecule has 0 N–H and O–H groups in total. The Hall–Kier alpha value is -1.67. The zero-order chi connectivity index (χ0) is 12.5. The fourth-order valence-electron chi connectivity index (χ4n) is 2.50. The van der Waals surface area contributed by atoms with E-state index in [2.05, 4.69) is 71.8 Å². The molecule has 2 heteroatoms. The molecule has 0 saturated heterocycles. The van der Waals surface area contributed by atoms with Crippen LogP contribution in [0, 0.1) is 6.92 Å². The number of hydrogen-bond acceptors (Lipinski definition) is 1. The first-order chi connectivity index (χ1) is 8.77. The molecule has 0 aliphatic rings. The van der Waals surface area contributed by atoms with Crippen molar-refractivity contribution in [1.29, 1.82) is 0 Å². The van der Waals surface area contributed by atoms with Crippen LogP contribution in [-0.4, -0.2) is 0 Å². The molecule has 2 aromatic carbocycles. The minimum Gasteiger partial charge on any atom is -0.186 e. The van der Waals surface area contributed by atoms with Crippen molar-refractivity contribution in [2.45, 2.75) is 19.9 Å². The van der Waals surface area contributed by atoms with Gasteiger partial charge in [0.05, 0.1) is 5.38 Å². The first-order valence-corrected chi connectivity index (χ1v) is 7.13. The van der Waals surface area contributed by atoms with Crippen molar-refractivity contribution in [1.82, 2.24) is 0 Å². The summed E-state index contributed by atoms with van der Waals surface area (Å²) in [7, 11) is 0. The van der Waals surface area contributed by atoms with E-state index in [4.69, 9.17) is 0 Å². The van der Waals surface area contributed by atoms with Crippen LogP contribution in [0.15, 0.2) is 53.4 Å². The van der Waals surface area contributed by atoms with Gasteiger partial charge in [0.15, 0.2) is 11.7 Å². The van der Waals surface area contributed by atoms with Crippen molar-refractivity contribution < 1.29 is 4.57 Å². The Labute approximate surface area is 111 Å². The molecule has 1 heterocycles. The summed E-state index contributed by atoms with van der Waals surface area (Å²) in [5.74, 6) is 0. The summed E-state index contributed by atoms with van der Waals surface area (Å²) in [6.45, 7) is 4.43. The predicted octanol–water partition coefficient (Wildman–Crippen LogP) is 4.11. The van der Waals surface area contributed by atoms with Crippen LogP contribution in [-0.2, 0) is 0 Å². The number of benzene rings is 2. The second kappa shape index (κ2) is 4.54. The third-order valence-corrected chi connectivity index (χ3v) is 4.34. The van der Waals surface area contributed by atoms with Gasteiger partial charge in [-0.05, 0) is 10.8 Å². The fraction of sp³-hybridized carbons (Fsp3) is 0.188. The molecule has 0 aliphatic heterocycles. The molecular weight excluding hydrogens is 238 g/mol. The average Bonchev–Trinajstić information content (AvgIpc) is 2.83. The van der Waals surface area contributed by atoms with E-state index in [0.717, 1.165) is 0 Å². The van der Waals surface area contributed by atoms with Gasteiger partial charge in [0.25, 0.3) is 0 Å². The lowest BCUT2D eigenvalue weighted by Gasteiger charge is -2.10. The molecule has 0 fully saturated rings. The molecule has 0 spiro atoms. The van der Waals surface area contributed by atoms with Crippen LogP contribution in [0.2, 0.25) is 0 Å². The van der Waals surface area contributed by atoms with Crippen LogP contribution in [0.4, 0.5) is 0 Å². The monoisotopic (exact) mass is 254 g/mol. The van der Waals surface area contributed by atoms with E-state index in [1.54, 1.807) is 11.3 Å². The van der Waals surface area contributed by atoms with E-state index < -0.39 is 0 Å². The Morgan fingerprint density at radius 2 is 1.83 bits per heavy atom. The predicted molar refractivity (Wildman–Crippen MR) is 77.0 cm³/mol. The molecule has 0 saturated carbocycles. The van der Waals surface area contributed by atoms with Crippen LogP contribution in [0.1, 0.15) is 24.2 Å². The maximum Gasteiger partial charge on any atom is 0.225 e. The largest absolute Gasteiger partial charge is 0.225 e. The van der Waals surface area contributed by atoms with Gasteiger partial charge in [-0.25, -0.2) is 0 Å². The first-order valence-electron chi connectivity index (χ1n) is 6.19. The van der Waals surface area contributed by atoms with E-state index in [1.807, 2.05) is 0 Å². The van der Waals surface area contributed by atoms with E-state index in [1.165, 1.54) is 22.0 Å². The Balaban J connectivity index is 2.18. The summed E-state index contributed by atoms with van der Waals surface area (Å²) in [6, 6.07) is 15.5. The minimum absolute atomic E-state index is 0.377. The zero-order valence-electron chi connectivity index (χ0n) is 10.6. The maximum absolute atomic E-state index is 2.34. The molecule has 1 aromatic heterocycles. The van der Waals surface area contributed by atoms with Gasteiger partial charge in [0.1, 0.15) is 0 Å². The van der Waals surface area contributed by atoms with E-state index >= 15 is 0 Å². The molecule has 0 radical (unpaired) electrons. The third-order valence-electron chi connectivity index (χ3n) is 3.51. The van der Waals surface area contributed by atoms with Gasteiger partial charge in [0, 0.05) is 19.4 Å². The Morgan fingerprint density at radius 3 is 2.61 bits per heavy atom. The minimum atomic E-state index is 0.377. The van der Waals surface area contributed by atoms with Crippen LogP contribution in [0.5, 0.6) is 0 Å². The lowest BCUT2D eigenvalue weighted by Crippen LogP contribution is -2.38. The summed E-state index contributed by atoms with van der Waals surface area (Å²) < 4.78 is 2.34. The summed E-state index contributed by atoms with van der Waals surface area (Å²) in [4.78, 5) is 0. The number of thiazole rings is 1. The molecule has 3 aromatic rings. The standard InChI is InChI=1S/C16H16NS/c1-12-10-18-11-17(12)13(2)15-9-5-7-14-6-3-4-8-16(14)15/h3-11,13H,1-2H3/q+1/t13-/m1/s1. The summed E-state index contributed by atoms with van der Waals surface area (Å²) in [5, 5.41) is 4.86. The highest BCUT2D eigenvalue weighted by Crippen LogP contribution is 2.24. The molecular formula is C16H16NS+. The van der Waals surface area contributed by atoms with Gasteiger partial charge >= 0.3 is 0 Å². The molecule has 0 aliphatic carbocycles. The van der Waals surface area contributed by atoms with Gasteiger partial charge in [-0.15, -0.1) is 0 Å². The van der Waals surface area contributed by atoms with Gasteiger partial charge in [-0.1, -0.05) is 53.8 Å². The molecule has 0 amide bonds. The zero-order valence-corrected chi connectivity index (χ0v) is 11.4. The molecule has 18 heavy (non-hydrogen) atoms. The summed E-state index contributed by atoms with van der Waals surface area (Å²) in [5.41, 5.74) is 4.90. The van der Waals surface area contributed by atoms with Crippen LogP contribution in [0.3, 0.4) is 0 Å². The lowest BCUT2D eigenvalue weighted by atomic mass is 9.99. The summed E-state index contributed by atoms with van der Waals surface area (Å²) >= 11 is 1.76. The Bertz CT molecular complexity index is 679. The SMILES string of the molecule is Cc1csc[n+]1[C@H](C)c1cccc2ccccc12. The van der Waals surface area contributed by atoms with Crippen molar-refractivity contribution >= 4 is 22.1 Å². The highest BCUT2D eigenvalue weighted by molar-refractivity contribution is 7.07. The third kappa shape index (κ3) is 1.83. The molecule has 3 rings (SSSR count). The van der Waals surface area contributed by atoms with Crippen molar-refractivity contribution in [2.24, 2.45) is 0 Å². The number of hydrogen-bond donors (Lipinski definition) is 0. The number of rotatable bonds is 2. The van der Waals surface area contributed by atoms with Gasteiger partial charge < -0.3 is 0 Å². The fourth-order valence-corrected chi connectivity index (χ4v) is 3.36. The topological polar surface area (TPSA) is 3.88 Å². The molecule has 90 valence electrons. The van der Waals surface area contributed by atoms with Crippen molar-refractivity contribution in [3.8, 4) is 0 Å². The maximum atomic E-state index is 2.34. The average molecular weight is 254 g/mol. The molecule has 1 nitrogen and oxygen atoms in total. The van der Waals surface area contributed by atoms with Crippen molar-refractivity contribution in [2.75, 3.05) is 0 Å². The van der Waals surface area contributed by atoms with Crippen LogP contribution in [0.25, 0.3) is 10.8 Å². The van der Waals surface area contributed by atoms with Gasteiger partial charge in [0.2, 0.25) is 5.51 Å². The van der Waals surface area contributed by atoms with E-state index in [-0.39, 0.29) is 0 Å². The van der Waals surface area contributed by atoms with Crippen LogP contribution >= 0.6 is 11.3 Å². The lowest BCUT2D eigenvalue weighted by molar-refractivity contribution is -0.711. The Kier molecular flexibility index (Phi) is 2.88. The summed E-state index contributed by atoms with van der Waals surface area (Å²) in [6.07, 6.45) is 0. The molecule has 0 unspecified atom stereocenters. The quantitative estimate of drug-likeness (QED) is 0.606. The van der Waals surface area contributed by atoms with Gasteiger partial charge in [-0.2, -0.15) is 4.57 Å². The normalized spacial score (nSPS) is 12.8. The van der Waals surface area contributed by atoms with Crippen molar-refractivity contribution in [3.63, 3.8) is 0 Å². The van der Waals surface area contributed by atoms with E-state index in [0.29, 0.717) is 6.04 Å².